The standard InChI is InChI=1S/C17H16ClN5O3S/c1-23(27(25,26)15-9-19-11-21-15)10-12-5-4-6-13(18)16(12)22-17(24)14-7-2-3-8-20-14/h2-9,11H,10H2,1H3,(H,19,21)(H,22,24). The van der Waals surface area contributed by atoms with Crippen LogP contribution in [0, 0.1) is 0 Å². The number of pyridine rings is 1. The Morgan fingerprint density at radius 1 is 1.26 bits per heavy atom. The summed E-state index contributed by atoms with van der Waals surface area (Å²) in [5, 5.41) is 2.99. The molecule has 0 aliphatic rings. The molecule has 27 heavy (non-hydrogen) atoms. The molecule has 8 nitrogen and oxygen atoms in total. The molecule has 3 rings (SSSR count). The number of aromatic amines is 1. The van der Waals surface area contributed by atoms with E-state index in [4.69, 9.17) is 11.6 Å². The third-order valence-corrected chi connectivity index (χ3v) is 5.83. The summed E-state index contributed by atoms with van der Waals surface area (Å²) < 4.78 is 26.3. The number of nitrogens with zero attached hydrogens (tertiary/aromatic N) is 3. The molecule has 140 valence electrons. The number of halogens is 1. The lowest BCUT2D eigenvalue weighted by molar-refractivity contribution is 0.102. The molecule has 2 heterocycles. The summed E-state index contributed by atoms with van der Waals surface area (Å²) in [6.07, 6.45) is 4.03. The van der Waals surface area contributed by atoms with Crippen LogP contribution in [0.3, 0.4) is 0 Å². The molecule has 10 heteroatoms. The molecule has 0 fully saturated rings. The normalized spacial score (nSPS) is 11.5. The summed E-state index contributed by atoms with van der Waals surface area (Å²) in [6.45, 7) is -0.000253. The molecule has 0 aliphatic heterocycles. The molecule has 2 aromatic heterocycles. The molecule has 2 N–H and O–H groups in total. The van der Waals surface area contributed by atoms with Crippen molar-refractivity contribution in [1.29, 1.82) is 0 Å². The number of carbonyl (C=O) groups is 1. The lowest BCUT2D eigenvalue weighted by atomic mass is 10.1. The van der Waals surface area contributed by atoms with Gasteiger partial charge in [0.2, 0.25) is 0 Å². The maximum Gasteiger partial charge on any atom is 0.274 e. The number of benzene rings is 1. The van der Waals surface area contributed by atoms with Crippen LogP contribution in [0.5, 0.6) is 0 Å². The predicted octanol–water partition coefficient (Wildman–Crippen LogP) is 2.53. The number of amides is 1. The molecule has 0 aliphatic carbocycles. The number of sulfonamides is 1. The fourth-order valence-corrected chi connectivity index (χ4v) is 3.67. The van der Waals surface area contributed by atoms with Crippen molar-refractivity contribution in [3.8, 4) is 0 Å². The van der Waals surface area contributed by atoms with E-state index in [9.17, 15) is 13.2 Å². The lowest BCUT2D eigenvalue weighted by Crippen LogP contribution is -2.27. The van der Waals surface area contributed by atoms with E-state index in [1.807, 2.05) is 0 Å². The molecule has 1 aromatic carbocycles. The monoisotopic (exact) mass is 405 g/mol. The van der Waals surface area contributed by atoms with Gasteiger partial charge in [0.15, 0.2) is 5.03 Å². The number of hydrogen-bond acceptors (Lipinski definition) is 5. The van der Waals surface area contributed by atoms with Crippen molar-refractivity contribution in [1.82, 2.24) is 19.3 Å². The molecule has 0 bridgehead atoms. The van der Waals surface area contributed by atoms with E-state index in [1.165, 1.54) is 25.8 Å². The van der Waals surface area contributed by atoms with Gasteiger partial charge in [-0.1, -0.05) is 29.8 Å². The van der Waals surface area contributed by atoms with Crippen molar-refractivity contribution in [2.45, 2.75) is 11.6 Å². The van der Waals surface area contributed by atoms with Crippen LogP contribution in [0.25, 0.3) is 0 Å². The Labute approximate surface area is 161 Å². The molecule has 0 radical (unpaired) electrons. The number of nitrogens with one attached hydrogen (secondary N) is 2. The number of rotatable bonds is 6. The van der Waals surface area contributed by atoms with Gasteiger partial charge in [0.25, 0.3) is 15.9 Å². The second-order valence-corrected chi connectivity index (χ2v) is 8.04. The van der Waals surface area contributed by atoms with Crippen molar-refractivity contribution in [3.63, 3.8) is 0 Å². The number of carbonyl (C=O) groups excluding carboxylic acids is 1. The van der Waals surface area contributed by atoms with Crippen LogP contribution < -0.4 is 5.32 Å². The van der Waals surface area contributed by atoms with E-state index in [2.05, 4.69) is 20.3 Å². The van der Waals surface area contributed by atoms with Gasteiger partial charge >= 0.3 is 0 Å². The Bertz CT molecular complexity index is 1040. The first-order valence-electron chi connectivity index (χ1n) is 7.84. The fourth-order valence-electron chi connectivity index (χ4n) is 2.39. The molecule has 0 unspecified atom stereocenters. The summed E-state index contributed by atoms with van der Waals surface area (Å²) in [5.74, 6) is -0.441. The number of para-hydroxylation sites is 1. The number of aromatic nitrogens is 3. The van der Waals surface area contributed by atoms with E-state index in [-0.39, 0.29) is 17.3 Å². The van der Waals surface area contributed by atoms with Crippen LogP contribution in [0.1, 0.15) is 16.1 Å². The van der Waals surface area contributed by atoms with Gasteiger partial charge in [-0.3, -0.25) is 9.78 Å². The van der Waals surface area contributed by atoms with Crippen LogP contribution >= 0.6 is 11.6 Å². The van der Waals surface area contributed by atoms with E-state index in [0.717, 1.165) is 4.31 Å². The molecule has 3 aromatic rings. The van der Waals surface area contributed by atoms with E-state index in [0.29, 0.717) is 16.3 Å². The Balaban J connectivity index is 1.87. The van der Waals surface area contributed by atoms with Gasteiger partial charge in [0, 0.05) is 19.8 Å². The number of imidazole rings is 1. The van der Waals surface area contributed by atoms with Crippen molar-refractivity contribution in [3.05, 3.63) is 71.4 Å². The Morgan fingerprint density at radius 3 is 2.74 bits per heavy atom. The van der Waals surface area contributed by atoms with Crippen molar-refractivity contribution < 1.29 is 13.2 Å². The lowest BCUT2D eigenvalue weighted by Gasteiger charge is -2.19. The van der Waals surface area contributed by atoms with Crippen LogP contribution in [0.15, 0.2) is 60.1 Å². The topological polar surface area (TPSA) is 108 Å². The summed E-state index contributed by atoms with van der Waals surface area (Å²) in [4.78, 5) is 22.7. The number of hydrogen-bond donors (Lipinski definition) is 2. The molecular formula is C17H16ClN5O3S. The van der Waals surface area contributed by atoms with Gasteiger partial charge in [-0.2, -0.15) is 4.31 Å². The van der Waals surface area contributed by atoms with Crippen molar-refractivity contribution in [2.75, 3.05) is 12.4 Å². The molecule has 0 atom stereocenters. The second kappa shape index (κ2) is 7.87. The molecule has 1 amide bonds. The SMILES string of the molecule is CN(Cc1cccc(Cl)c1NC(=O)c1ccccn1)S(=O)(=O)c1cnc[nH]1. The Kier molecular flexibility index (Phi) is 5.54. The second-order valence-electron chi connectivity index (χ2n) is 5.62. The zero-order valence-electron chi connectivity index (χ0n) is 14.3. The summed E-state index contributed by atoms with van der Waals surface area (Å²) in [7, 11) is -2.32. The molecular weight excluding hydrogens is 390 g/mol. The first-order chi connectivity index (χ1) is 12.9. The van der Waals surface area contributed by atoms with Gasteiger partial charge in [-0.05, 0) is 23.8 Å². The summed E-state index contributed by atoms with van der Waals surface area (Å²) in [5.41, 5.74) is 1.10. The maximum atomic E-state index is 12.6. The predicted molar refractivity (Wildman–Crippen MR) is 101 cm³/mol. The maximum absolute atomic E-state index is 12.6. The highest BCUT2D eigenvalue weighted by Gasteiger charge is 2.24. The average Bonchev–Trinajstić information content (AvgIpc) is 3.20. The zero-order chi connectivity index (χ0) is 19.4. The number of anilines is 1. The number of H-pyrrole nitrogens is 1. The van der Waals surface area contributed by atoms with Crippen LogP contribution in [-0.4, -0.2) is 40.6 Å². The van der Waals surface area contributed by atoms with Crippen LogP contribution in [0.2, 0.25) is 5.02 Å². The van der Waals surface area contributed by atoms with E-state index < -0.39 is 15.9 Å². The summed E-state index contributed by atoms with van der Waals surface area (Å²) in [6, 6.07) is 9.96. The van der Waals surface area contributed by atoms with Crippen molar-refractivity contribution in [2.24, 2.45) is 0 Å². The Morgan fingerprint density at radius 2 is 2.07 bits per heavy atom. The fraction of sp³-hybridized carbons (Fsp3) is 0.118. The smallest absolute Gasteiger partial charge is 0.274 e. The highest BCUT2D eigenvalue weighted by molar-refractivity contribution is 7.89. The first kappa shape index (κ1) is 19.0. The van der Waals surface area contributed by atoms with Gasteiger partial charge in [0.05, 0.1) is 23.2 Å². The quantitative estimate of drug-likeness (QED) is 0.655. The van der Waals surface area contributed by atoms with E-state index >= 15 is 0 Å². The van der Waals surface area contributed by atoms with Gasteiger partial charge in [-0.15, -0.1) is 0 Å². The third kappa shape index (κ3) is 4.16. The third-order valence-electron chi connectivity index (χ3n) is 3.79. The van der Waals surface area contributed by atoms with Crippen LogP contribution in [0.4, 0.5) is 5.69 Å². The molecule has 0 saturated heterocycles. The minimum atomic E-state index is -3.76. The zero-order valence-corrected chi connectivity index (χ0v) is 15.8. The largest absolute Gasteiger partial charge is 0.335 e. The Hall–Kier alpha value is -2.75. The van der Waals surface area contributed by atoms with Crippen LogP contribution in [-0.2, 0) is 16.6 Å². The van der Waals surface area contributed by atoms with Crippen molar-refractivity contribution >= 4 is 33.2 Å². The highest BCUT2D eigenvalue weighted by atomic mass is 35.5. The van der Waals surface area contributed by atoms with Gasteiger partial charge < -0.3 is 10.3 Å². The first-order valence-corrected chi connectivity index (χ1v) is 9.66. The van der Waals surface area contributed by atoms with Gasteiger partial charge in [0.1, 0.15) is 5.69 Å². The average molecular weight is 406 g/mol. The van der Waals surface area contributed by atoms with Gasteiger partial charge in [-0.25, -0.2) is 13.4 Å². The summed E-state index contributed by atoms with van der Waals surface area (Å²) >= 11 is 6.24. The minimum Gasteiger partial charge on any atom is -0.335 e. The molecule has 0 saturated carbocycles. The van der Waals surface area contributed by atoms with E-state index in [1.54, 1.807) is 36.4 Å². The minimum absolute atomic E-state index is 0.000253. The highest BCUT2D eigenvalue weighted by Crippen LogP contribution is 2.28. The molecule has 0 spiro atoms.